The Morgan fingerprint density at radius 3 is 1.93 bits per heavy atom. The van der Waals surface area contributed by atoms with Gasteiger partial charge in [-0.2, -0.15) is 0 Å². The second-order valence-corrected chi connectivity index (χ2v) is 8.68. The minimum Gasteiger partial charge on any atom is -0.335 e. The van der Waals surface area contributed by atoms with E-state index in [9.17, 15) is 4.79 Å². The molecule has 0 bridgehead atoms. The van der Waals surface area contributed by atoms with E-state index in [4.69, 9.17) is 0 Å². The van der Waals surface area contributed by atoms with Gasteiger partial charge in [0, 0.05) is 11.7 Å². The van der Waals surface area contributed by atoms with Crippen molar-refractivity contribution < 1.29 is 4.79 Å². The standard InChI is InChI=1S/C25H34N2O/c1-17(2)22-11-8-12-23(18(3)4)24(22)27-25(28)26-21-15-13-20(14-16-21)19-9-6-5-7-10-19/h5-12,17-18,20-21H,13-16H2,1-4H3,(H2,26,27,28). The number of anilines is 1. The average molecular weight is 379 g/mol. The number of carbonyl (C=O) groups is 1. The first-order valence-electron chi connectivity index (χ1n) is 10.7. The first-order chi connectivity index (χ1) is 13.5. The monoisotopic (exact) mass is 378 g/mol. The molecule has 2 aromatic carbocycles. The molecular weight excluding hydrogens is 344 g/mol. The summed E-state index contributed by atoms with van der Waals surface area (Å²) in [5.41, 5.74) is 4.82. The van der Waals surface area contributed by atoms with Crippen molar-refractivity contribution in [2.75, 3.05) is 5.32 Å². The van der Waals surface area contributed by atoms with Crippen molar-refractivity contribution in [3.63, 3.8) is 0 Å². The molecule has 0 heterocycles. The van der Waals surface area contributed by atoms with Crippen LogP contribution < -0.4 is 10.6 Å². The van der Waals surface area contributed by atoms with Crippen molar-refractivity contribution in [2.24, 2.45) is 0 Å². The van der Waals surface area contributed by atoms with Gasteiger partial charge < -0.3 is 10.6 Å². The molecule has 3 heteroatoms. The number of carbonyl (C=O) groups excluding carboxylic acids is 1. The lowest BCUT2D eigenvalue weighted by molar-refractivity contribution is 0.242. The predicted molar refractivity (Wildman–Crippen MR) is 118 cm³/mol. The highest BCUT2D eigenvalue weighted by Crippen LogP contribution is 2.34. The van der Waals surface area contributed by atoms with Crippen LogP contribution in [0.15, 0.2) is 48.5 Å². The maximum Gasteiger partial charge on any atom is 0.319 e. The van der Waals surface area contributed by atoms with Gasteiger partial charge in [0.1, 0.15) is 0 Å². The predicted octanol–water partition coefficient (Wildman–Crippen LogP) is 6.78. The van der Waals surface area contributed by atoms with Crippen LogP contribution >= 0.6 is 0 Å². The quantitative estimate of drug-likeness (QED) is 0.591. The molecule has 0 unspecified atom stereocenters. The van der Waals surface area contributed by atoms with E-state index in [1.807, 2.05) is 0 Å². The summed E-state index contributed by atoms with van der Waals surface area (Å²) in [5, 5.41) is 6.40. The lowest BCUT2D eigenvalue weighted by Gasteiger charge is -2.30. The molecule has 1 aliphatic carbocycles. The van der Waals surface area contributed by atoms with Gasteiger partial charge in [0.25, 0.3) is 0 Å². The van der Waals surface area contributed by atoms with E-state index in [1.54, 1.807) is 0 Å². The van der Waals surface area contributed by atoms with Gasteiger partial charge in [-0.15, -0.1) is 0 Å². The van der Waals surface area contributed by atoms with Crippen molar-refractivity contribution >= 4 is 11.7 Å². The number of hydrogen-bond acceptors (Lipinski definition) is 1. The van der Waals surface area contributed by atoms with E-state index < -0.39 is 0 Å². The van der Waals surface area contributed by atoms with Crippen LogP contribution in [0, 0.1) is 0 Å². The summed E-state index contributed by atoms with van der Waals surface area (Å²) in [5.74, 6) is 1.36. The summed E-state index contributed by atoms with van der Waals surface area (Å²) in [6, 6.07) is 17.3. The number of amides is 2. The highest BCUT2D eigenvalue weighted by molar-refractivity contribution is 5.91. The van der Waals surface area contributed by atoms with Crippen molar-refractivity contribution in [1.29, 1.82) is 0 Å². The van der Waals surface area contributed by atoms with Crippen LogP contribution in [0.3, 0.4) is 0 Å². The van der Waals surface area contributed by atoms with E-state index >= 15 is 0 Å². The van der Waals surface area contributed by atoms with Gasteiger partial charge in [0.15, 0.2) is 0 Å². The first kappa shape index (κ1) is 20.4. The number of urea groups is 1. The molecule has 1 aliphatic rings. The van der Waals surface area contributed by atoms with Gasteiger partial charge in [-0.05, 0) is 60.1 Å². The second kappa shape index (κ2) is 9.27. The highest BCUT2D eigenvalue weighted by Gasteiger charge is 2.24. The summed E-state index contributed by atoms with van der Waals surface area (Å²) >= 11 is 0. The van der Waals surface area contributed by atoms with Gasteiger partial charge in [0.05, 0.1) is 0 Å². The molecule has 0 saturated heterocycles. The molecular formula is C25H34N2O. The van der Waals surface area contributed by atoms with E-state index in [2.05, 4.69) is 86.9 Å². The molecule has 0 spiro atoms. The molecule has 0 atom stereocenters. The molecule has 1 fully saturated rings. The fourth-order valence-electron chi connectivity index (χ4n) is 4.33. The molecule has 2 amide bonds. The van der Waals surface area contributed by atoms with Crippen molar-refractivity contribution in [3.05, 3.63) is 65.2 Å². The zero-order valence-corrected chi connectivity index (χ0v) is 17.7. The lowest BCUT2D eigenvalue weighted by atomic mass is 9.82. The van der Waals surface area contributed by atoms with Crippen LogP contribution in [-0.4, -0.2) is 12.1 Å². The topological polar surface area (TPSA) is 41.1 Å². The molecule has 2 N–H and O–H groups in total. The van der Waals surface area contributed by atoms with Crippen LogP contribution in [0.4, 0.5) is 10.5 Å². The second-order valence-electron chi connectivity index (χ2n) is 8.68. The lowest BCUT2D eigenvalue weighted by Crippen LogP contribution is -2.40. The third-order valence-corrected chi connectivity index (χ3v) is 5.94. The number of para-hydroxylation sites is 1. The molecule has 0 aliphatic heterocycles. The van der Waals surface area contributed by atoms with Crippen LogP contribution in [0.5, 0.6) is 0 Å². The minimum absolute atomic E-state index is 0.0711. The Labute approximate surface area is 169 Å². The summed E-state index contributed by atoms with van der Waals surface area (Å²) in [4.78, 5) is 12.8. The third-order valence-electron chi connectivity index (χ3n) is 5.94. The average Bonchev–Trinajstić information content (AvgIpc) is 2.69. The number of nitrogens with one attached hydrogen (secondary N) is 2. The maximum atomic E-state index is 12.8. The largest absolute Gasteiger partial charge is 0.335 e. The molecule has 0 radical (unpaired) electrons. The molecule has 150 valence electrons. The van der Waals surface area contributed by atoms with Crippen LogP contribution in [0.25, 0.3) is 0 Å². The van der Waals surface area contributed by atoms with Gasteiger partial charge in [0.2, 0.25) is 0 Å². The highest BCUT2D eigenvalue weighted by atomic mass is 16.2. The summed E-state index contributed by atoms with van der Waals surface area (Å²) < 4.78 is 0. The Hall–Kier alpha value is -2.29. The zero-order valence-electron chi connectivity index (χ0n) is 17.7. The van der Waals surface area contributed by atoms with Crippen LogP contribution in [0.1, 0.15) is 87.8 Å². The van der Waals surface area contributed by atoms with Crippen molar-refractivity contribution in [1.82, 2.24) is 5.32 Å². The Bertz CT molecular complexity index is 748. The van der Waals surface area contributed by atoms with E-state index in [0.29, 0.717) is 17.8 Å². The minimum atomic E-state index is -0.0711. The SMILES string of the molecule is CC(C)c1cccc(C(C)C)c1NC(=O)NC1CCC(c2ccccc2)CC1. The summed E-state index contributed by atoms with van der Waals surface area (Å²) in [7, 11) is 0. The zero-order chi connectivity index (χ0) is 20.1. The number of hydrogen-bond donors (Lipinski definition) is 2. The molecule has 3 rings (SSSR count). The Balaban J connectivity index is 1.61. The third kappa shape index (κ3) is 4.95. The Morgan fingerprint density at radius 1 is 0.821 bits per heavy atom. The Kier molecular flexibility index (Phi) is 6.77. The van der Waals surface area contributed by atoms with Crippen molar-refractivity contribution in [2.45, 2.75) is 77.2 Å². The molecule has 1 saturated carbocycles. The summed E-state index contributed by atoms with van der Waals surface area (Å²) in [6.45, 7) is 8.70. The number of benzene rings is 2. The maximum absolute atomic E-state index is 12.8. The normalized spacial score (nSPS) is 19.6. The Morgan fingerprint density at radius 2 is 1.39 bits per heavy atom. The smallest absolute Gasteiger partial charge is 0.319 e. The van der Waals surface area contributed by atoms with Gasteiger partial charge in [-0.25, -0.2) is 4.79 Å². The van der Waals surface area contributed by atoms with E-state index in [0.717, 1.165) is 31.4 Å². The molecule has 0 aromatic heterocycles. The van der Waals surface area contributed by atoms with Crippen molar-refractivity contribution in [3.8, 4) is 0 Å². The fourth-order valence-corrected chi connectivity index (χ4v) is 4.33. The van der Waals surface area contributed by atoms with E-state index in [1.165, 1.54) is 16.7 Å². The fraction of sp³-hybridized carbons (Fsp3) is 0.480. The van der Waals surface area contributed by atoms with Gasteiger partial charge >= 0.3 is 6.03 Å². The summed E-state index contributed by atoms with van der Waals surface area (Å²) in [6.07, 6.45) is 4.34. The van der Waals surface area contributed by atoms with E-state index in [-0.39, 0.29) is 12.1 Å². The van der Waals surface area contributed by atoms with Gasteiger partial charge in [-0.1, -0.05) is 76.2 Å². The number of rotatable bonds is 5. The van der Waals surface area contributed by atoms with Gasteiger partial charge in [-0.3, -0.25) is 0 Å². The molecule has 3 nitrogen and oxygen atoms in total. The van der Waals surface area contributed by atoms with Crippen LogP contribution in [0.2, 0.25) is 0 Å². The van der Waals surface area contributed by atoms with Crippen LogP contribution in [-0.2, 0) is 0 Å². The first-order valence-corrected chi connectivity index (χ1v) is 10.7. The molecule has 28 heavy (non-hydrogen) atoms. The molecule has 2 aromatic rings.